The van der Waals surface area contributed by atoms with E-state index in [2.05, 4.69) is 0 Å². The molecule has 0 spiro atoms. The van der Waals surface area contributed by atoms with Gasteiger partial charge < -0.3 is 15.6 Å². The number of primary amides is 1. The Balaban J connectivity index is 2.46. The number of hydrogen-bond acceptors (Lipinski definition) is 4. The average Bonchev–Trinajstić information content (AvgIpc) is 2.40. The second-order valence-electron chi connectivity index (χ2n) is 5.13. The van der Waals surface area contributed by atoms with Crippen molar-refractivity contribution in [2.75, 3.05) is 11.4 Å². The highest BCUT2D eigenvalue weighted by Gasteiger charge is 2.36. The molecule has 0 aromatic heterocycles. The summed E-state index contributed by atoms with van der Waals surface area (Å²) in [5.41, 5.74) is 6.39. The van der Waals surface area contributed by atoms with Gasteiger partial charge in [-0.1, -0.05) is 19.9 Å². The number of carbonyl (C=O) groups is 2. The van der Waals surface area contributed by atoms with Crippen LogP contribution in [0, 0.1) is 5.92 Å². The predicted octanol–water partition coefficient (Wildman–Crippen LogP) is 0.414. The van der Waals surface area contributed by atoms with Gasteiger partial charge in [0.25, 0.3) is 5.91 Å². The number of anilines is 1. The lowest BCUT2D eigenvalue weighted by Crippen LogP contribution is -2.51. The van der Waals surface area contributed by atoms with Gasteiger partial charge in [0.15, 0.2) is 6.10 Å². The number of benzene rings is 1. The first kappa shape index (κ1) is 14.3. The van der Waals surface area contributed by atoms with Crippen molar-refractivity contribution in [1.29, 1.82) is 0 Å². The number of aliphatic hydroxyl groups is 1. The molecular formula is C14H18N2O4. The van der Waals surface area contributed by atoms with Crippen molar-refractivity contribution in [1.82, 2.24) is 0 Å². The molecule has 2 rings (SSSR count). The molecule has 6 heteroatoms. The van der Waals surface area contributed by atoms with Crippen LogP contribution in [0.4, 0.5) is 5.69 Å². The summed E-state index contributed by atoms with van der Waals surface area (Å²) in [6.07, 6.45) is -0.657. The topological polar surface area (TPSA) is 92.9 Å². The first-order valence-corrected chi connectivity index (χ1v) is 6.44. The molecule has 0 saturated carbocycles. The number of nitrogens with two attached hydrogens (primary N) is 1. The molecule has 1 aromatic carbocycles. The van der Waals surface area contributed by atoms with Gasteiger partial charge in [-0.15, -0.1) is 0 Å². The molecule has 2 amide bonds. The van der Waals surface area contributed by atoms with Crippen molar-refractivity contribution < 1.29 is 19.4 Å². The fourth-order valence-corrected chi connectivity index (χ4v) is 2.17. The standard InChI is InChI=1S/C14H18N2O4/c1-8(2)13-14(19)16(6-12(15)18)10-4-3-9(7-17)5-11(10)20-13/h3-5,8,13,17H,6-7H2,1-2H3,(H2,15,18). The molecule has 0 saturated heterocycles. The highest BCUT2D eigenvalue weighted by atomic mass is 16.5. The molecule has 0 bridgehead atoms. The van der Waals surface area contributed by atoms with Gasteiger partial charge in [0.05, 0.1) is 12.3 Å². The molecule has 1 aliphatic rings. The van der Waals surface area contributed by atoms with Gasteiger partial charge in [-0.3, -0.25) is 14.5 Å². The van der Waals surface area contributed by atoms with Crippen molar-refractivity contribution in [3.63, 3.8) is 0 Å². The third-order valence-corrected chi connectivity index (χ3v) is 3.18. The van der Waals surface area contributed by atoms with E-state index in [0.717, 1.165) is 0 Å². The smallest absolute Gasteiger partial charge is 0.268 e. The average molecular weight is 278 g/mol. The third-order valence-electron chi connectivity index (χ3n) is 3.18. The van der Waals surface area contributed by atoms with Crippen molar-refractivity contribution in [3.8, 4) is 5.75 Å². The second-order valence-corrected chi connectivity index (χ2v) is 5.13. The van der Waals surface area contributed by atoms with Crippen LogP contribution in [-0.2, 0) is 16.2 Å². The molecule has 20 heavy (non-hydrogen) atoms. The number of aliphatic hydroxyl groups excluding tert-OH is 1. The lowest BCUT2D eigenvalue weighted by molar-refractivity contribution is -0.129. The molecule has 1 unspecified atom stereocenters. The fraction of sp³-hybridized carbons (Fsp3) is 0.429. The minimum absolute atomic E-state index is 0.0381. The molecule has 108 valence electrons. The number of carbonyl (C=O) groups excluding carboxylic acids is 2. The largest absolute Gasteiger partial charge is 0.478 e. The summed E-state index contributed by atoms with van der Waals surface area (Å²) >= 11 is 0. The predicted molar refractivity (Wildman–Crippen MR) is 73.2 cm³/mol. The summed E-state index contributed by atoms with van der Waals surface area (Å²) in [6.45, 7) is 3.43. The Bertz CT molecular complexity index is 542. The van der Waals surface area contributed by atoms with Crippen molar-refractivity contribution in [2.45, 2.75) is 26.6 Å². The van der Waals surface area contributed by atoms with E-state index in [1.54, 1.807) is 18.2 Å². The summed E-state index contributed by atoms with van der Waals surface area (Å²) in [6, 6.07) is 5.00. The van der Waals surface area contributed by atoms with Gasteiger partial charge >= 0.3 is 0 Å². The monoisotopic (exact) mass is 278 g/mol. The number of ether oxygens (including phenoxy) is 1. The van der Waals surface area contributed by atoms with Crippen LogP contribution in [0.3, 0.4) is 0 Å². The maximum Gasteiger partial charge on any atom is 0.268 e. The summed E-state index contributed by atoms with van der Waals surface area (Å²) in [7, 11) is 0. The molecule has 3 N–H and O–H groups in total. The zero-order valence-corrected chi connectivity index (χ0v) is 11.5. The molecular weight excluding hydrogens is 260 g/mol. The highest BCUT2D eigenvalue weighted by molar-refractivity contribution is 6.03. The van der Waals surface area contributed by atoms with E-state index < -0.39 is 12.0 Å². The van der Waals surface area contributed by atoms with Crippen molar-refractivity contribution >= 4 is 17.5 Å². The normalized spacial score (nSPS) is 17.9. The van der Waals surface area contributed by atoms with Crippen LogP contribution in [0.2, 0.25) is 0 Å². The van der Waals surface area contributed by atoms with Gasteiger partial charge in [0.1, 0.15) is 12.3 Å². The zero-order valence-electron chi connectivity index (χ0n) is 11.5. The minimum Gasteiger partial charge on any atom is -0.478 e. The maximum absolute atomic E-state index is 12.4. The first-order valence-electron chi connectivity index (χ1n) is 6.44. The Hall–Kier alpha value is -2.08. The number of rotatable bonds is 4. The number of amides is 2. The van der Waals surface area contributed by atoms with Crippen LogP contribution in [-0.4, -0.2) is 29.6 Å². The van der Waals surface area contributed by atoms with Gasteiger partial charge in [0.2, 0.25) is 5.91 Å². The minimum atomic E-state index is -0.657. The van der Waals surface area contributed by atoms with Gasteiger partial charge in [-0.25, -0.2) is 0 Å². The quantitative estimate of drug-likeness (QED) is 0.834. The van der Waals surface area contributed by atoms with Crippen molar-refractivity contribution in [2.24, 2.45) is 11.7 Å². The molecule has 1 atom stereocenters. The summed E-state index contributed by atoms with van der Waals surface area (Å²) in [5.74, 6) is -0.414. The lowest BCUT2D eigenvalue weighted by atomic mass is 10.0. The SMILES string of the molecule is CC(C)C1Oc2cc(CO)ccc2N(CC(N)=O)C1=O. The van der Waals surface area contributed by atoms with Crippen LogP contribution >= 0.6 is 0 Å². The van der Waals surface area contributed by atoms with E-state index >= 15 is 0 Å². The van der Waals surface area contributed by atoms with E-state index in [1.807, 2.05) is 13.8 Å². The van der Waals surface area contributed by atoms with Gasteiger partial charge in [-0.2, -0.15) is 0 Å². The highest BCUT2D eigenvalue weighted by Crippen LogP contribution is 2.36. The van der Waals surface area contributed by atoms with Gasteiger partial charge in [-0.05, 0) is 23.6 Å². The molecule has 6 nitrogen and oxygen atoms in total. The van der Waals surface area contributed by atoms with Gasteiger partial charge in [0, 0.05) is 0 Å². The summed E-state index contributed by atoms with van der Waals surface area (Å²) in [4.78, 5) is 24.9. The fourth-order valence-electron chi connectivity index (χ4n) is 2.17. The number of fused-ring (bicyclic) bond motifs is 1. The van der Waals surface area contributed by atoms with Crippen molar-refractivity contribution in [3.05, 3.63) is 23.8 Å². The van der Waals surface area contributed by atoms with E-state index in [4.69, 9.17) is 15.6 Å². The maximum atomic E-state index is 12.4. The van der Waals surface area contributed by atoms with E-state index in [-0.39, 0.29) is 25.0 Å². The Kier molecular flexibility index (Phi) is 3.94. The van der Waals surface area contributed by atoms with E-state index in [0.29, 0.717) is 17.0 Å². The lowest BCUT2D eigenvalue weighted by Gasteiger charge is -2.35. The summed E-state index contributed by atoms with van der Waals surface area (Å²) in [5, 5.41) is 9.17. The second kappa shape index (κ2) is 5.50. The third kappa shape index (κ3) is 2.60. The zero-order chi connectivity index (χ0) is 14.9. The first-order chi connectivity index (χ1) is 9.43. The van der Waals surface area contributed by atoms with Crippen LogP contribution < -0.4 is 15.4 Å². The Morgan fingerprint density at radius 3 is 2.75 bits per heavy atom. The Morgan fingerprint density at radius 2 is 2.20 bits per heavy atom. The van der Waals surface area contributed by atoms with Crippen LogP contribution in [0.25, 0.3) is 0 Å². The molecule has 0 fully saturated rings. The Morgan fingerprint density at radius 1 is 1.50 bits per heavy atom. The van der Waals surface area contributed by atoms with E-state index in [9.17, 15) is 9.59 Å². The number of nitrogens with zero attached hydrogens (tertiary/aromatic N) is 1. The molecule has 1 aromatic rings. The number of hydrogen-bond donors (Lipinski definition) is 2. The Labute approximate surface area is 117 Å². The molecule has 1 heterocycles. The molecule has 0 aliphatic carbocycles. The molecule has 0 radical (unpaired) electrons. The van der Waals surface area contributed by atoms with Crippen LogP contribution in [0.5, 0.6) is 5.75 Å². The summed E-state index contributed by atoms with van der Waals surface area (Å²) < 4.78 is 5.71. The molecule has 1 aliphatic heterocycles. The van der Waals surface area contributed by atoms with Crippen LogP contribution in [0.1, 0.15) is 19.4 Å². The van der Waals surface area contributed by atoms with E-state index in [1.165, 1.54) is 4.90 Å². The van der Waals surface area contributed by atoms with Crippen LogP contribution in [0.15, 0.2) is 18.2 Å².